The van der Waals surface area contributed by atoms with E-state index >= 15 is 0 Å². The van der Waals surface area contributed by atoms with Crippen molar-refractivity contribution in [3.8, 4) is 0 Å². The molecule has 0 unspecified atom stereocenters. The van der Waals surface area contributed by atoms with Gasteiger partial charge in [-0.25, -0.2) is 4.79 Å². The van der Waals surface area contributed by atoms with Crippen molar-refractivity contribution in [3.63, 3.8) is 0 Å². The van der Waals surface area contributed by atoms with Crippen molar-refractivity contribution in [1.29, 1.82) is 0 Å². The van der Waals surface area contributed by atoms with E-state index < -0.39 is 0 Å². The molecule has 0 atom stereocenters. The van der Waals surface area contributed by atoms with Crippen LogP contribution in [-0.4, -0.2) is 97.0 Å². The Bertz CT molecular complexity index is 852. The Kier molecular flexibility index (Phi) is 7.96. The zero-order valence-electron chi connectivity index (χ0n) is 19.5. The monoisotopic (exact) mass is 449 g/mol. The number of amides is 3. The van der Waals surface area contributed by atoms with Gasteiger partial charge in [0.25, 0.3) is 0 Å². The highest BCUT2D eigenvalue weighted by Crippen LogP contribution is 2.29. The zero-order valence-corrected chi connectivity index (χ0v) is 19.5. The summed E-state index contributed by atoms with van der Waals surface area (Å²) in [7, 11) is 0. The number of nitrogens with zero attached hydrogens (tertiary/aromatic N) is 4. The molecule has 1 N–H and O–H groups in total. The normalized spacial score (nSPS) is 17.9. The van der Waals surface area contributed by atoms with Crippen LogP contribution < -0.4 is 5.32 Å². The Morgan fingerprint density at radius 2 is 1.27 bits per heavy atom. The molecule has 176 valence electrons. The Morgan fingerprint density at radius 1 is 0.758 bits per heavy atom. The molecule has 7 heteroatoms. The molecule has 0 radical (unpaired) electrons. The predicted molar refractivity (Wildman–Crippen MR) is 130 cm³/mol. The van der Waals surface area contributed by atoms with Crippen LogP contribution in [0.3, 0.4) is 0 Å². The summed E-state index contributed by atoms with van der Waals surface area (Å²) in [6.45, 7) is 9.01. The van der Waals surface area contributed by atoms with E-state index in [0.29, 0.717) is 26.2 Å². The van der Waals surface area contributed by atoms with Gasteiger partial charge in [-0.3, -0.25) is 14.6 Å². The lowest BCUT2D eigenvalue weighted by atomic mass is 9.96. The van der Waals surface area contributed by atoms with E-state index in [2.05, 4.69) is 75.8 Å². The summed E-state index contributed by atoms with van der Waals surface area (Å²) in [5.74, 6) is 0.192. The Morgan fingerprint density at radius 3 is 1.79 bits per heavy atom. The molecule has 2 aliphatic rings. The highest BCUT2D eigenvalue weighted by Gasteiger charge is 2.29. The fourth-order valence-electron chi connectivity index (χ4n) is 4.78. The second kappa shape index (κ2) is 11.3. The molecule has 0 spiro atoms. The maximum absolute atomic E-state index is 13.0. The number of carbonyl (C=O) groups excluding carboxylic acids is 2. The van der Waals surface area contributed by atoms with Crippen molar-refractivity contribution in [2.75, 3.05) is 65.4 Å². The van der Waals surface area contributed by atoms with Crippen LogP contribution >= 0.6 is 0 Å². The lowest BCUT2D eigenvalue weighted by Crippen LogP contribution is -2.55. The van der Waals surface area contributed by atoms with Gasteiger partial charge in [-0.05, 0) is 18.1 Å². The van der Waals surface area contributed by atoms with E-state index in [1.54, 1.807) is 0 Å². The van der Waals surface area contributed by atoms with E-state index in [1.807, 2.05) is 16.7 Å². The van der Waals surface area contributed by atoms with Crippen molar-refractivity contribution in [2.45, 2.75) is 13.0 Å². The lowest BCUT2D eigenvalue weighted by Gasteiger charge is -2.41. The van der Waals surface area contributed by atoms with Crippen LogP contribution in [-0.2, 0) is 4.79 Å². The van der Waals surface area contributed by atoms with Gasteiger partial charge in [0.2, 0.25) is 5.91 Å². The van der Waals surface area contributed by atoms with Gasteiger partial charge < -0.3 is 15.1 Å². The van der Waals surface area contributed by atoms with Crippen LogP contribution in [0.4, 0.5) is 4.79 Å². The van der Waals surface area contributed by atoms with Crippen molar-refractivity contribution in [1.82, 2.24) is 24.9 Å². The summed E-state index contributed by atoms with van der Waals surface area (Å²) >= 11 is 0. The summed E-state index contributed by atoms with van der Waals surface area (Å²) in [4.78, 5) is 33.4. The highest BCUT2D eigenvalue weighted by molar-refractivity contribution is 5.78. The summed E-state index contributed by atoms with van der Waals surface area (Å²) in [5.41, 5.74) is 2.57. The second-order valence-electron chi connectivity index (χ2n) is 8.74. The lowest BCUT2D eigenvalue weighted by molar-refractivity contribution is -0.134. The van der Waals surface area contributed by atoms with Crippen molar-refractivity contribution < 1.29 is 9.59 Å². The second-order valence-corrected chi connectivity index (χ2v) is 8.74. The smallest absolute Gasteiger partial charge is 0.317 e. The third-order valence-corrected chi connectivity index (χ3v) is 6.61. The highest BCUT2D eigenvalue weighted by atomic mass is 16.2. The molecule has 0 aromatic heterocycles. The molecule has 2 aromatic carbocycles. The molecule has 0 saturated carbocycles. The van der Waals surface area contributed by atoms with Gasteiger partial charge in [0.1, 0.15) is 0 Å². The van der Waals surface area contributed by atoms with Crippen LogP contribution in [0, 0.1) is 0 Å². The van der Waals surface area contributed by atoms with Gasteiger partial charge in [-0.2, -0.15) is 0 Å². The molecule has 0 aliphatic carbocycles. The SMILES string of the molecule is CCNC(=O)N1CCN(CC(=O)N2CCN(C(c3ccccc3)c3ccccc3)CC2)CC1. The molecule has 2 fully saturated rings. The van der Waals surface area contributed by atoms with Gasteiger partial charge in [-0.15, -0.1) is 0 Å². The molecule has 2 saturated heterocycles. The molecule has 2 aliphatic heterocycles. The minimum atomic E-state index is -0.00835. The minimum absolute atomic E-state index is 0.00835. The average Bonchev–Trinajstić information content (AvgIpc) is 2.86. The molecule has 2 aromatic rings. The molecular weight excluding hydrogens is 414 g/mol. The van der Waals surface area contributed by atoms with Gasteiger partial charge in [0.15, 0.2) is 0 Å². The van der Waals surface area contributed by atoms with E-state index in [0.717, 1.165) is 39.3 Å². The van der Waals surface area contributed by atoms with Crippen LogP contribution in [0.5, 0.6) is 0 Å². The number of nitrogens with one attached hydrogen (secondary N) is 1. The molecule has 4 rings (SSSR count). The van der Waals surface area contributed by atoms with E-state index in [9.17, 15) is 9.59 Å². The van der Waals surface area contributed by atoms with E-state index in [1.165, 1.54) is 11.1 Å². The zero-order chi connectivity index (χ0) is 23.0. The third-order valence-electron chi connectivity index (χ3n) is 6.61. The Hall–Kier alpha value is -2.90. The summed E-state index contributed by atoms with van der Waals surface area (Å²) in [6, 6.07) is 21.4. The molecule has 3 amide bonds. The maximum atomic E-state index is 13.0. The predicted octanol–water partition coefficient (Wildman–Crippen LogP) is 2.27. The molecular formula is C26H35N5O2. The van der Waals surface area contributed by atoms with Crippen LogP contribution in [0.1, 0.15) is 24.1 Å². The number of hydrogen-bond donors (Lipinski definition) is 1. The van der Waals surface area contributed by atoms with Gasteiger partial charge in [0.05, 0.1) is 12.6 Å². The quantitative estimate of drug-likeness (QED) is 0.735. The first-order valence-electron chi connectivity index (χ1n) is 12.0. The van der Waals surface area contributed by atoms with Gasteiger partial charge in [0, 0.05) is 58.9 Å². The van der Waals surface area contributed by atoms with E-state index in [-0.39, 0.29) is 18.0 Å². The average molecular weight is 450 g/mol. The number of carbonyl (C=O) groups is 2. The number of rotatable bonds is 6. The first kappa shape index (κ1) is 23.3. The van der Waals surface area contributed by atoms with Crippen molar-refractivity contribution >= 4 is 11.9 Å². The summed E-state index contributed by atoms with van der Waals surface area (Å²) in [5, 5.41) is 2.85. The number of piperazine rings is 2. The fraction of sp³-hybridized carbons (Fsp3) is 0.462. The standard InChI is InChI=1S/C26H35N5O2/c1-2-27-26(33)31-15-13-28(14-16-31)21-24(32)29-17-19-30(20-18-29)25(22-9-5-3-6-10-22)23-11-7-4-8-12-23/h3-12,25H,2,13-21H2,1H3,(H,27,33). The first-order chi connectivity index (χ1) is 16.2. The summed E-state index contributed by atoms with van der Waals surface area (Å²) in [6.07, 6.45) is 0. The first-order valence-corrected chi connectivity index (χ1v) is 12.0. The number of benzene rings is 2. The van der Waals surface area contributed by atoms with E-state index in [4.69, 9.17) is 0 Å². The third kappa shape index (κ3) is 5.92. The Labute approximate surface area is 196 Å². The van der Waals surface area contributed by atoms with Gasteiger partial charge in [-0.1, -0.05) is 60.7 Å². The summed E-state index contributed by atoms with van der Waals surface area (Å²) < 4.78 is 0. The largest absolute Gasteiger partial charge is 0.339 e. The van der Waals surface area contributed by atoms with Crippen LogP contribution in [0.15, 0.2) is 60.7 Å². The van der Waals surface area contributed by atoms with Crippen molar-refractivity contribution in [3.05, 3.63) is 71.8 Å². The van der Waals surface area contributed by atoms with Crippen LogP contribution in [0.25, 0.3) is 0 Å². The number of urea groups is 1. The van der Waals surface area contributed by atoms with Crippen LogP contribution in [0.2, 0.25) is 0 Å². The fourth-order valence-corrected chi connectivity index (χ4v) is 4.78. The van der Waals surface area contributed by atoms with Crippen molar-refractivity contribution in [2.24, 2.45) is 0 Å². The molecule has 0 bridgehead atoms. The van der Waals surface area contributed by atoms with Gasteiger partial charge >= 0.3 is 6.03 Å². The Balaban J connectivity index is 1.31. The topological polar surface area (TPSA) is 59.1 Å². The molecule has 33 heavy (non-hydrogen) atoms. The molecule has 7 nitrogen and oxygen atoms in total. The number of hydrogen-bond acceptors (Lipinski definition) is 4. The minimum Gasteiger partial charge on any atom is -0.339 e. The maximum Gasteiger partial charge on any atom is 0.317 e. The molecule has 2 heterocycles.